The molecule has 150 valence electrons. The maximum absolute atomic E-state index is 12.5. The van der Waals surface area contributed by atoms with Crippen LogP contribution in [-0.2, 0) is 0 Å². The third-order valence-electron chi connectivity index (χ3n) is 4.91. The van der Waals surface area contributed by atoms with Gasteiger partial charge in [0.15, 0.2) is 5.75 Å². The predicted octanol–water partition coefficient (Wildman–Crippen LogP) is 5.81. The number of aromatic nitrogens is 1. The molecule has 0 spiro atoms. The number of rotatable bonds is 9. The Hall–Kier alpha value is -3.14. The summed E-state index contributed by atoms with van der Waals surface area (Å²) in [6, 6.07) is 17.2. The average Bonchev–Trinajstić information content (AvgIpc) is 2.75. The second kappa shape index (κ2) is 10.4. The van der Waals surface area contributed by atoms with Crippen molar-refractivity contribution >= 4 is 29.0 Å². The highest BCUT2D eigenvalue weighted by molar-refractivity contribution is 6.02. The minimum absolute atomic E-state index is 0.0686. The summed E-state index contributed by atoms with van der Waals surface area (Å²) < 4.78 is 0. The van der Waals surface area contributed by atoms with Crippen LogP contribution in [0.5, 0.6) is 5.75 Å². The SMILES string of the molecule is CCCCCCCNC(=O)c1ccc2ccc(/C=C/c3ccccc3)nc2c1O. The quantitative estimate of drug-likeness (QED) is 0.455. The number of pyridine rings is 1. The fourth-order valence-corrected chi connectivity index (χ4v) is 3.24. The number of amides is 1. The topological polar surface area (TPSA) is 62.2 Å². The van der Waals surface area contributed by atoms with Crippen LogP contribution >= 0.6 is 0 Å². The van der Waals surface area contributed by atoms with E-state index in [9.17, 15) is 9.90 Å². The van der Waals surface area contributed by atoms with Crippen LogP contribution in [-0.4, -0.2) is 22.5 Å². The number of carbonyl (C=O) groups excluding carboxylic acids is 1. The molecular formula is C25H28N2O2. The molecule has 1 aromatic heterocycles. The van der Waals surface area contributed by atoms with Crippen LogP contribution in [0.2, 0.25) is 0 Å². The number of carbonyl (C=O) groups is 1. The number of nitrogens with zero attached hydrogens (tertiary/aromatic N) is 1. The number of hydrogen-bond acceptors (Lipinski definition) is 3. The molecule has 0 fully saturated rings. The minimum atomic E-state index is -0.257. The van der Waals surface area contributed by atoms with E-state index in [0.29, 0.717) is 12.1 Å². The molecule has 4 heteroatoms. The number of fused-ring (bicyclic) bond motifs is 1. The second-order valence-corrected chi connectivity index (χ2v) is 7.18. The molecule has 3 aromatic rings. The van der Waals surface area contributed by atoms with Gasteiger partial charge in [0.05, 0.1) is 11.3 Å². The van der Waals surface area contributed by atoms with Gasteiger partial charge in [0, 0.05) is 11.9 Å². The van der Waals surface area contributed by atoms with Gasteiger partial charge in [-0.3, -0.25) is 4.79 Å². The largest absolute Gasteiger partial charge is 0.505 e. The number of unbranched alkanes of at least 4 members (excludes halogenated alkanes) is 4. The van der Waals surface area contributed by atoms with Crippen LogP contribution in [0.1, 0.15) is 60.6 Å². The zero-order chi connectivity index (χ0) is 20.5. The van der Waals surface area contributed by atoms with Crippen LogP contribution in [0, 0.1) is 0 Å². The van der Waals surface area contributed by atoms with E-state index in [0.717, 1.165) is 29.5 Å². The maximum atomic E-state index is 12.5. The van der Waals surface area contributed by atoms with E-state index >= 15 is 0 Å². The molecule has 0 aliphatic carbocycles. The molecule has 4 nitrogen and oxygen atoms in total. The van der Waals surface area contributed by atoms with Crippen molar-refractivity contribution in [3.05, 3.63) is 71.4 Å². The first kappa shape index (κ1) is 20.6. The van der Waals surface area contributed by atoms with Gasteiger partial charge in [-0.15, -0.1) is 0 Å². The Morgan fingerprint density at radius 1 is 0.966 bits per heavy atom. The first-order chi connectivity index (χ1) is 14.2. The number of phenolic OH excluding ortho intramolecular Hbond substituents is 1. The van der Waals surface area contributed by atoms with Crippen LogP contribution in [0.4, 0.5) is 0 Å². The Bertz CT molecular complexity index is 981. The fourth-order valence-electron chi connectivity index (χ4n) is 3.24. The lowest BCUT2D eigenvalue weighted by Crippen LogP contribution is -2.24. The zero-order valence-electron chi connectivity index (χ0n) is 16.9. The van der Waals surface area contributed by atoms with Crippen LogP contribution in [0.3, 0.4) is 0 Å². The van der Waals surface area contributed by atoms with Gasteiger partial charge >= 0.3 is 0 Å². The first-order valence-electron chi connectivity index (χ1n) is 10.3. The molecule has 0 aliphatic rings. The summed E-state index contributed by atoms with van der Waals surface area (Å²) in [5.74, 6) is -0.326. The van der Waals surface area contributed by atoms with Crippen molar-refractivity contribution in [3.8, 4) is 5.75 Å². The Morgan fingerprint density at radius 3 is 2.52 bits per heavy atom. The van der Waals surface area contributed by atoms with Gasteiger partial charge in [0.1, 0.15) is 5.52 Å². The molecule has 0 radical (unpaired) electrons. The van der Waals surface area contributed by atoms with Crippen molar-refractivity contribution in [2.45, 2.75) is 39.0 Å². The van der Waals surface area contributed by atoms with Crippen molar-refractivity contribution in [1.29, 1.82) is 0 Å². The van der Waals surface area contributed by atoms with Crippen LogP contribution < -0.4 is 5.32 Å². The van der Waals surface area contributed by atoms with Crippen LogP contribution in [0.25, 0.3) is 23.1 Å². The van der Waals surface area contributed by atoms with E-state index in [1.165, 1.54) is 19.3 Å². The number of aromatic hydroxyl groups is 1. The molecule has 0 unspecified atom stereocenters. The van der Waals surface area contributed by atoms with Crippen molar-refractivity contribution in [2.75, 3.05) is 6.54 Å². The van der Waals surface area contributed by atoms with Crippen molar-refractivity contribution in [2.24, 2.45) is 0 Å². The van der Waals surface area contributed by atoms with Gasteiger partial charge in [0.2, 0.25) is 0 Å². The molecule has 0 atom stereocenters. The third-order valence-corrected chi connectivity index (χ3v) is 4.91. The summed E-state index contributed by atoms with van der Waals surface area (Å²) in [5.41, 5.74) is 2.51. The predicted molar refractivity (Wildman–Crippen MR) is 120 cm³/mol. The highest BCUT2D eigenvalue weighted by atomic mass is 16.3. The molecule has 29 heavy (non-hydrogen) atoms. The van der Waals surface area contributed by atoms with E-state index in [1.807, 2.05) is 60.7 Å². The summed E-state index contributed by atoms with van der Waals surface area (Å²) in [7, 11) is 0. The van der Waals surface area contributed by atoms with E-state index in [1.54, 1.807) is 6.07 Å². The zero-order valence-corrected chi connectivity index (χ0v) is 16.9. The highest BCUT2D eigenvalue weighted by Crippen LogP contribution is 2.28. The minimum Gasteiger partial charge on any atom is -0.505 e. The molecule has 2 aromatic carbocycles. The van der Waals surface area contributed by atoms with Gasteiger partial charge < -0.3 is 10.4 Å². The van der Waals surface area contributed by atoms with Crippen LogP contribution in [0.15, 0.2) is 54.6 Å². The van der Waals surface area contributed by atoms with Gasteiger partial charge in [-0.25, -0.2) is 4.98 Å². The molecule has 1 heterocycles. The summed E-state index contributed by atoms with van der Waals surface area (Å²) in [4.78, 5) is 17.0. The summed E-state index contributed by atoms with van der Waals surface area (Å²) in [5, 5.41) is 14.4. The molecule has 3 rings (SSSR count). The van der Waals surface area contributed by atoms with Crippen molar-refractivity contribution < 1.29 is 9.90 Å². The van der Waals surface area contributed by atoms with E-state index in [2.05, 4.69) is 17.2 Å². The van der Waals surface area contributed by atoms with Gasteiger partial charge in [0.25, 0.3) is 5.91 Å². The Labute approximate surface area is 172 Å². The molecule has 0 bridgehead atoms. The van der Waals surface area contributed by atoms with E-state index in [4.69, 9.17) is 0 Å². The number of benzene rings is 2. The average molecular weight is 389 g/mol. The summed E-state index contributed by atoms with van der Waals surface area (Å²) in [6.07, 6.45) is 9.55. The molecule has 0 aliphatic heterocycles. The monoisotopic (exact) mass is 388 g/mol. The third kappa shape index (κ3) is 5.67. The Kier molecular flexibility index (Phi) is 7.40. The standard InChI is InChI=1S/C25H28N2O2/c1-2-3-4-5-9-18-26-25(29)22-17-14-20-13-16-21(27-23(20)24(22)28)15-12-19-10-7-6-8-11-19/h6-8,10-17,28H,2-5,9,18H2,1H3,(H,26,29)/b15-12+. The van der Waals surface area contributed by atoms with Crippen molar-refractivity contribution in [3.63, 3.8) is 0 Å². The lowest BCUT2D eigenvalue weighted by molar-refractivity contribution is 0.0950. The summed E-state index contributed by atoms with van der Waals surface area (Å²) in [6.45, 7) is 2.80. The number of hydrogen-bond donors (Lipinski definition) is 2. The number of nitrogens with one attached hydrogen (secondary N) is 1. The maximum Gasteiger partial charge on any atom is 0.255 e. The van der Waals surface area contributed by atoms with Crippen molar-refractivity contribution in [1.82, 2.24) is 10.3 Å². The molecular weight excluding hydrogens is 360 g/mol. The van der Waals surface area contributed by atoms with Gasteiger partial charge in [-0.2, -0.15) is 0 Å². The smallest absolute Gasteiger partial charge is 0.255 e. The molecule has 0 saturated heterocycles. The van der Waals surface area contributed by atoms with E-state index < -0.39 is 0 Å². The van der Waals surface area contributed by atoms with E-state index in [-0.39, 0.29) is 17.2 Å². The molecule has 2 N–H and O–H groups in total. The Morgan fingerprint density at radius 2 is 1.72 bits per heavy atom. The lowest BCUT2D eigenvalue weighted by atomic mass is 10.1. The fraction of sp³-hybridized carbons (Fsp3) is 0.280. The first-order valence-corrected chi connectivity index (χ1v) is 10.3. The normalized spacial score (nSPS) is 11.2. The highest BCUT2D eigenvalue weighted by Gasteiger charge is 2.14. The number of phenols is 1. The van der Waals surface area contributed by atoms with Gasteiger partial charge in [-0.05, 0) is 30.2 Å². The Balaban J connectivity index is 1.72. The lowest BCUT2D eigenvalue weighted by Gasteiger charge is -2.09. The summed E-state index contributed by atoms with van der Waals surface area (Å²) >= 11 is 0. The molecule has 1 amide bonds. The second-order valence-electron chi connectivity index (χ2n) is 7.18. The van der Waals surface area contributed by atoms with Gasteiger partial charge in [-0.1, -0.05) is 81.1 Å². The molecule has 0 saturated carbocycles.